The molecule has 1 atom stereocenters. The molecule has 1 aromatic rings. The van der Waals surface area contributed by atoms with Gasteiger partial charge in [0.05, 0.1) is 16.3 Å². The summed E-state index contributed by atoms with van der Waals surface area (Å²) < 4.78 is 22.8. The minimum Gasteiger partial charge on any atom is -0.397 e. The van der Waals surface area contributed by atoms with Crippen LogP contribution in [0.5, 0.6) is 0 Å². The maximum atomic E-state index is 11.4. The summed E-state index contributed by atoms with van der Waals surface area (Å²) in [5.41, 5.74) is 7.18. The molecule has 3 N–H and O–H groups in total. The van der Waals surface area contributed by atoms with Crippen molar-refractivity contribution in [1.82, 2.24) is 4.90 Å². The third-order valence-corrected chi connectivity index (χ3v) is 4.31. The molecule has 1 unspecified atom stereocenters. The highest BCUT2D eigenvalue weighted by Gasteiger charge is 2.20. The molecule has 0 radical (unpaired) electrons. The van der Waals surface area contributed by atoms with Crippen molar-refractivity contribution in [3.05, 3.63) is 18.2 Å². The number of sulfone groups is 1. The van der Waals surface area contributed by atoms with Crippen LogP contribution in [0.1, 0.15) is 6.42 Å². The Morgan fingerprint density at radius 3 is 2.67 bits per heavy atom. The Hall–Kier alpha value is -1.27. The van der Waals surface area contributed by atoms with Crippen molar-refractivity contribution in [3.63, 3.8) is 0 Å². The number of nitrogens with zero attached hydrogens (tertiary/aromatic N) is 1. The van der Waals surface area contributed by atoms with Gasteiger partial charge >= 0.3 is 0 Å². The Kier molecular flexibility index (Phi) is 3.49. The van der Waals surface area contributed by atoms with Crippen LogP contribution in [0, 0.1) is 0 Å². The number of nitrogen functional groups attached to an aromatic ring is 1. The first-order valence-electron chi connectivity index (χ1n) is 5.91. The van der Waals surface area contributed by atoms with Gasteiger partial charge in [-0.3, -0.25) is 0 Å². The predicted octanol–water partition coefficient (Wildman–Crippen LogP) is 0.788. The van der Waals surface area contributed by atoms with E-state index in [-0.39, 0.29) is 4.90 Å². The van der Waals surface area contributed by atoms with Crippen molar-refractivity contribution < 1.29 is 8.42 Å². The second kappa shape index (κ2) is 4.78. The summed E-state index contributed by atoms with van der Waals surface area (Å²) in [6.07, 6.45) is 2.25. The molecule has 100 valence electrons. The van der Waals surface area contributed by atoms with Gasteiger partial charge in [0.25, 0.3) is 0 Å². The number of hydrogen-bond donors (Lipinski definition) is 2. The minimum absolute atomic E-state index is 0.258. The summed E-state index contributed by atoms with van der Waals surface area (Å²) in [6, 6.07) is 5.22. The van der Waals surface area contributed by atoms with Crippen LogP contribution in [0.25, 0.3) is 0 Å². The average molecular weight is 269 g/mol. The van der Waals surface area contributed by atoms with E-state index in [1.807, 2.05) is 0 Å². The molecule has 0 bridgehead atoms. The third kappa shape index (κ3) is 2.94. The van der Waals surface area contributed by atoms with Gasteiger partial charge in [-0.05, 0) is 38.2 Å². The Morgan fingerprint density at radius 2 is 2.17 bits per heavy atom. The molecule has 1 heterocycles. The molecule has 0 aliphatic carbocycles. The van der Waals surface area contributed by atoms with E-state index in [1.54, 1.807) is 12.1 Å². The number of nitrogens with two attached hydrogens (primary N) is 1. The normalized spacial score (nSPS) is 21.1. The Morgan fingerprint density at radius 1 is 1.44 bits per heavy atom. The van der Waals surface area contributed by atoms with Crippen molar-refractivity contribution in [2.75, 3.05) is 37.4 Å². The van der Waals surface area contributed by atoms with Crippen molar-refractivity contribution >= 4 is 21.2 Å². The molecule has 2 rings (SSSR count). The predicted molar refractivity (Wildman–Crippen MR) is 73.5 cm³/mol. The van der Waals surface area contributed by atoms with Gasteiger partial charge in [0.15, 0.2) is 9.84 Å². The first kappa shape index (κ1) is 13.2. The number of likely N-dealkylation sites (tertiary alicyclic amines) is 1. The van der Waals surface area contributed by atoms with Gasteiger partial charge in [-0.15, -0.1) is 0 Å². The first-order chi connectivity index (χ1) is 8.36. The fraction of sp³-hybridized carbons (Fsp3) is 0.500. The number of nitrogens with one attached hydrogen (secondary N) is 1. The molecule has 1 aliphatic rings. The molecule has 1 fully saturated rings. The van der Waals surface area contributed by atoms with Gasteiger partial charge in [0.1, 0.15) is 0 Å². The minimum atomic E-state index is -3.19. The Balaban J connectivity index is 2.15. The summed E-state index contributed by atoms with van der Waals surface area (Å²) >= 11 is 0. The lowest BCUT2D eigenvalue weighted by atomic mass is 10.2. The summed E-state index contributed by atoms with van der Waals surface area (Å²) in [5.74, 6) is 0. The SMILES string of the molecule is CN1CCC(Nc2ccc(S(C)(=O)=O)cc2N)C1. The Bertz CT molecular complexity index is 542. The number of benzene rings is 1. The van der Waals surface area contributed by atoms with Crippen molar-refractivity contribution in [2.24, 2.45) is 0 Å². The number of likely N-dealkylation sites (N-methyl/N-ethyl adjacent to an activating group) is 1. The Labute approximate surface area is 108 Å². The van der Waals surface area contributed by atoms with E-state index in [0.29, 0.717) is 11.7 Å². The molecule has 6 heteroatoms. The van der Waals surface area contributed by atoms with Crippen LogP contribution in [-0.4, -0.2) is 45.8 Å². The van der Waals surface area contributed by atoms with E-state index in [1.165, 1.54) is 12.3 Å². The maximum absolute atomic E-state index is 11.4. The van der Waals surface area contributed by atoms with Gasteiger partial charge in [-0.1, -0.05) is 0 Å². The summed E-state index contributed by atoms with van der Waals surface area (Å²) in [4.78, 5) is 2.51. The van der Waals surface area contributed by atoms with Crippen LogP contribution in [0.4, 0.5) is 11.4 Å². The topological polar surface area (TPSA) is 75.4 Å². The standard InChI is InChI=1S/C12H19N3O2S/c1-15-6-5-9(8-15)14-12-4-3-10(7-11(12)13)18(2,16)17/h3-4,7,9,14H,5-6,8,13H2,1-2H3. The molecule has 1 aromatic carbocycles. The van der Waals surface area contributed by atoms with Gasteiger partial charge in [0, 0.05) is 18.8 Å². The lowest BCUT2D eigenvalue weighted by molar-refractivity contribution is 0.414. The van der Waals surface area contributed by atoms with Gasteiger partial charge < -0.3 is 16.0 Å². The first-order valence-corrected chi connectivity index (χ1v) is 7.80. The molecule has 0 spiro atoms. The van der Waals surface area contributed by atoms with Crippen LogP contribution < -0.4 is 11.1 Å². The van der Waals surface area contributed by atoms with Crippen molar-refractivity contribution in [2.45, 2.75) is 17.4 Å². The zero-order valence-corrected chi connectivity index (χ0v) is 11.5. The highest BCUT2D eigenvalue weighted by molar-refractivity contribution is 7.90. The number of anilines is 2. The van der Waals surface area contributed by atoms with Crippen LogP contribution in [-0.2, 0) is 9.84 Å². The zero-order chi connectivity index (χ0) is 13.3. The van der Waals surface area contributed by atoms with Crippen molar-refractivity contribution in [3.8, 4) is 0 Å². The van der Waals surface area contributed by atoms with Crippen LogP contribution in [0.15, 0.2) is 23.1 Å². The number of rotatable bonds is 3. The van der Waals surface area contributed by atoms with E-state index < -0.39 is 9.84 Å². The van der Waals surface area contributed by atoms with E-state index in [2.05, 4.69) is 17.3 Å². The summed E-state index contributed by atoms with van der Waals surface area (Å²) in [6.45, 7) is 2.05. The second-order valence-electron chi connectivity index (χ2n) is 4.91. The smallest absolute Gasteiger partial charge is 0.175 e. The molecule has 1 aliphatic heterocycles. The maximum Gasteiger partial charge on any atom is 0.175 e. The van der Waals surface area contributed by atoms with Crippen LogP contribution in [0.3, 0.4) is 0 Å². The molecule has 5 nitrogen and oxygen atoms in total. The average Bonchev–Trinajstić information content (AvgIpc) is 2.65. The summed E-state index contributed by atoms with van der Waals surface area (Å²) in [7, 11) is -1.11. The number of hydrogen-bond acceptors (Lipinski definition) is 5. The van der Waals surface area contributed by atoms with E-state index in [4.69, 9.17) is 5.73 Å². The van der Waals surface area contributed by atoms with Gasteiger partial charge in [0.2, 0.25) is 0 Å². The molecule has 1 saturated heterocycles. The van der Waals surface area contributed by atoms with E-state index >= 15 is 0 Å². The molecule has 18 heavy (non-hydrogen) atoms. The molecule has 0 saturated carbocycles. The van der Waals surface area contributed by atoms with Crippen LogP contribution >= 0.6 is 0 Å². The lowest BCUT2D eigenvalue weighted by Gasteiger charge is -2.16. The fourth-order valence-electron chi connectivity index (χ4n) is 2.18. The summed E-state index contributed by atoms with van der Waals surface area (Å²) in [5, 5.41) is 3.36. The second-order valence-corrected chi connectivity index (χ2v) is 6.93. The molecule has 0 amide bonds. The van der Waals surface area contributed by atoms with E-state index in [0.717, 1.165) is 25.2 Å². The molecular formula is C12H19N3O2S. The highest BCUT2D eigenvalue weighted by Crippen LogP contribution is 2.24. The van der Waals surface area contributed by atoms with Crippen LogP contribution in [0.2, 0.25) is 0 Å². The lowest BCUT2D eigenvalue weighted by Crippen LogP contribution is -2.24. The van der Waals surface area contributed by atoms with E-state index in [9.17, 15) is 8.42 Å². The third-order valence-electron chi connectivity index (χ3n) is 3.20. The van der Waals surface area contributed by atoms with Gasteiger partial charge in [-0.2, -0.15) is 0 Å². The zero-order valence-electron chi connectivity index (χ0n) is 10.7. The van der Waals surface area contributed by atoms with Crippen molar-refractivity contribution in [1.29, 1.82) is 0 Å². The molecular weight excluding hydrogens is 250 g/mol. The quantitative estimate of drug-likeness (QED) is 0.793. The molecule has 0 aromatic heterocycles. The van der Waals surface area contributed by atoms with Gasteiger partial charge in [-0.25, -0.2) is 8.42 Å². The largest absolute Gasteiger partial charge is 0.397 e. The fourth-order valence-corrected chi connectivity index (χ4v) is 2.83. The highest BCUT2D eigenvalue weighted by atomic mass is 32.2. The monoisotopic (exact) mass is 269 g/mol.